The molecule has 0 aliphatic heterocycles. The van der Waals surface area contributed by atoms with Crippen molar-refractivity contribution in [1.29, 1.82) is 0 Å². The molecule has 2 heterocycles. The first-order valence-electron chi connectivity index (χ1n) is 23.3. The molecule has 7 aromatic rings. The van der Waals surface area contributed by atoms with Gasteiger partial charge < -0.3 is 5.32 Å². The molecule has 5 nitrogen and oxygen atoms in total. The van der Waals surface area contributed by atoms with Crippen molar-refractivity contribution >= 4 is 28.4 Å². The third kappa shape index (κ3) is 10.0. The number of para-hydroxylation sites is 1. The quantitative estimate of drug-likeness (QED) is 0.0780. The largest absolute Gasteiger partial charge is 0.353 e. The molecular formula is C56H63N5. The zero-order valence-electron chi connectivity index (χ0n) is 36.7. The molecule has 1 aliphatic carbocycles. The normalized spacial score (nSPS) is 12.2. The number of nitrogens with zero attached hydrogens (tertiary/aromatic N) is 4. The molecule has 0 fully saturated rings. The van der Waals surface area contributed by atoms with E-state index in [4.69, 9.17) is 15.0 Å². The van der Waals surface area contributed by atoms with E-state index in [1.165, 1.54) is 110 Å². The molecule has 5 heteroatoms. The fraction of sp³-hybridized carbons (Fsp3) is 0.339. The monoisotopic (exact) mass is 806 g/mol. The predicted octanol–water partition coefficient (Wildman–Crippen LogP) is 15.6. The van der Waals surface area contributed by atoms with E-state index in [-0.39, 0.29) is 0 Å². The average Bonchev–Trinajstić information content (AvgIpc) is 3.64. The van der Waals surface area contributed by atoms with Gasteiger partial charge in [0.25, 0.3) is 0 Å². The van der Waals surface area contributed by atoms with E-state index in [0.29, 0.717) is 17.6 Å². The molecule has 1 N–H and O–H groups in total. The molecule has 2 aromatic heterocycles. The number of fused-ring (bicyclic) bond motifs is 3. The molecule has 0 saturated carbocycles. The number of unbranched alkanes of at least 4 members (excludes halogenated alkanes) is 10. The van der Waals surface area contributed by atoms with Crippen molar-refractivity contribution in [2.24, 2.45) is 0 Å². The van der Waals surface area contributed by atoms with Gasteiger partial charge in [-0.15, -0.1) is 0 Å². The third-order valence-electron chi connectivity index (χ3n) is 12.4. The number of anilines is 2. The lowest BCUT2D eigenvalue weighted by molar-refractivity contribution is 0.607. The lowest BCUT2D eigenvalue weighted by Gasteiger charge is -2.18. The summed E-state index contributed by atoms with van der Waals surface area (Å²) in [6.07, 6.45) is 24.0. The van der Waals surface area contributed by atoms with Crippen LogP contribution in [0.4, 0.5) is 11.4 Å². The Bertz CT molecular complexity index is 2490. The van der Waals surface area contributed by atoms with Gasteiger partial charge in [-0.1, -0.05) is 175 Å². The van der Waals surface area contributed by atoms with E-state index in [0.717, 1.165) is 65.0 Å². The summed E-state index contributed by atoms with van der Waals surface area (Å²) >= 11 is 0. The van der Waals surface area contributed by atoms with Gasteiger partial charge in [-0.3, -0.25) is 4.57 Å². The second-order valence-corrected chi connectivity index (χ2v) is 17.0. The Hall–Kier alpha value is -5.81. The summed E-state index contributed by atoms with van der Waals surface area (Å²) in [5, 5.41) is 5.15. The number of nitrogens with one attached hydrogen (secondary N) is 1. The first kappa shape index (κ1) is 41.9. The van der Waals surface area contributed by atoms with Gasteiger partial charge in [0.15, 0.2) is 11.6 Å². The van der Waals surface area contributed by atoms with Crippen LogP contribution in [0.25, 0.3) is 56.8 Å². The Morgan fingerprint density at radius 3 is 1.82 bits per heavy atom. The highest BCUT2D eigenvalue weighted by molar-refractivity contribution is 6.05. The van der Waals surface area contributed by atoms with Gasteiger partial charge >= 0.3 is 0 Å². The number of benzene rings is 5. The summed E-state index contributed by atoms with van der Waals surface area (Å²) < 4.78 is 2.32. The van der Waals surface area contributed by atoms with Crippen LogP contribution in [-0.4, -0.2) is 19.5 Å². The highest BCUT2D eigenvalue weighted by atomic mass is 15.2. The van der Waals surface area contributed by atoms with Gasteiger partial charge in [0.1, 0.15) is 0 Å². The number of hydrogen-bond acceptors (Lipinski definition) is 4. The van der Waals surface area contributed by atoms with Crippen LogP contribution in [0, 0.1) is 6.92 Å². The van der Waals surface area contributed by atoms with Crippen LogP contribution in [0.1, 0.15) is 125 Å². The zero-order valence-corrected chi connectivity index (χ0v) is 36.7. The maximum Gasteiger partial charge on any atom is 0.238 e. The van der Waals surface area contributed by atoms with Gasteiger partial charge in [-0.05, 0) is 104 Å². The minimum atomic E-state index is 0.637. The SMILES string of the molecule is CCCCCCCCc1cccc(-c2nc(-c3cccc(CCCCCCCC)c3)nc(-n3c4c(c5ccc(-c6ccccc6C)c(Nc6ccccc6)c53)CCC=C4)n2)c1. The number of rotatable bonds is 20. The Balaban J connectivity index is 1.29. The topological polar surface area (TPSA) is 55.6 Å². The highest BCUT2D eigenvalue weighted by Crippen LogP contribution is 2.44. The Morgan fingerprint density at radius 2 is 1.18 bits per heavy atom. The number of aromatic nitrogens is 4. The molecule has 0 radical (unpaired) electrons. The maximum absolute atomic E-state index is 5.46. The van der Waals surface area contributed by atoms with Gasteiger partial charge in [0.05, 0.1) is 16.9 Å². The van der Waals surface area contributed by atoms with E-state index in [9.17, 15) is 0 Å². The molecule has 1 aliphatic rings. The summed E-state index contributed by atoms with van der Waals surface area (Å²) in [6.45, 7) is 6.76. The molecule has 0 bridgehead atoms. The zero-order chi connectivity index (χ0) is 41.8. The van der Waals surface area contributed by atoms with Gasteiger partial charge in [0, 0.05) is 27.8 Å². The predicted molar refractivity (Wildman–Crippen MR) is 259 cm³/mol. The van der Waals surface area contributed by atoms with E-state index >= 15 is 0 Å². The highest BCUT2D eigenvalue weighted by Gasteiger charge is 2.26. The van der Waals surface area contributed by atoms with Gasteiger partial charge in [0.2, 0.25) is 5.95 Å². The molecule has 0 atom stereocenters. The molecule has 61 heavy (non-hydrogen) atoms. The molecular weight excluding hydrogens is 743 g/mol. The lowest BCUT2D eigenvalue weighted by Crippen LogP contribution is -2.10. The second kappa shape index (κ2) is 20.6. The van der Waals surface area contributed by atoms with Gasteiger partial charge in [-0.2, -0.15) is 9.97 Å². The van der Waals surface area contributed by atoms with E-state index in [1.54, 1.807) is 0 Å². The number of aryl methyl sites for hydroxylation is 4. The van der Waals surface area contributed by atoms with Crippen LogP contribution >= 0.6 is 0 Å². The van der Waals surface area contributed by atoms with E-state index < -0.39 is 0 Å². The van der Waals surface area contributed by atoms with Crippen molar-refractivity contribution < 1.29 is 0 Å². The Kier molecular flexibility index (Phi) is 14.2. The fourth-order valence-electron chi connectivity index (χ4n) is 9.09. The molecule has 8 rings (SSSR count). The van der Waals surface area contributed by atoms with Crippen molar-refractivity contribution in [3.63, 3.8) is 0 Å². The van der Waals surface area contributed by atoms with Crippen molar-refractivity contribution in [2.75, 3.05) is 5.32 Å². The van der Waals surface area contributed by atoms with E-state index in [2.05, 4.69) is 158 Å². The molecule has 5 aromatic carbocycles. The summed E-state index contributed by atoms with van der Waals surface area (Å²) in [7, 11) is 0. The van der Waals surface area contributed by atoms with Crippen LogP contribution in [-0.2, 0) is 19.3 Å². The average molecular weight is 806 g/mol. The van der Waals surface area contributed by atoms with Crippen LogP contribution < -0.4 is 5.32 Å². The summed E-state index contributed by atoms with van der Waals surface area (Å²) in [5.74, 6) is 2.04. The molecule has 0 spiro atoms. The summed E-state index contributed by atoms with van der Waals surface area (Å²) in [5.41, 5.74) is 13.9. The van der Waals surface area contributed by atoms with Crippen LogP contribution in [0.3, 0.4) is 0 Å². The molecule has 0 saturated heterocycles. The van der Waals surface area contributed by atoms with Crippen molar-refractivity contribution in [1.82, 2.24) is 19.5 Å². The molecule has 312 valence electrons. The minimum Gasteiger partial charge on any atom is -0.353 e. The van der Waals surface area contributed by atoms with E-state index in [1.807, 2.05) is 0 Å². The van der Waals surface area contributed by atoms with Crippen molar-refractivity contribution in [3.8, 4) is 39.9 Å². The smallest absolute Gasteiger partial charge is 0.238 e. The minimum absolute atomic E-state index is 0.637. The van der Waals surface area contributed by atoms with Crippen LogP contribution in [0.15, 0.2) is 121 Å². The van der Waals surface area contributed by atoms with Crippen LogP contribution in [0.5, 0.6) is 0 Å². The standard InChI is InChI=1S/C56H63N5/c1-4-6-8-10-12-15-26-42-28-23-30-44(39-42)54-58-55(45-31-24-29-43(40-45)27-16-13-11-9-7-5-2)60-56(59-54)61-51-36-22-21-35-48(51)50-38-37-49(47-34-20-19-25-41(47)3)52(53(50)61)57-46-32-17-14-18-33-46/h14,17-20,22-25,28-34,36-40,57H,4-13,15-16,21,26-27,35H2,1-3H3. The summed E-state index contributed by atoms with van der Waals surface area (Å²) in [6, 6.07) is 41.7. The number of hydrogen-bond donors (Lipinski definition) is 1. The van der Waals surface area contributed by atoms with Gasteiger partial charge in [-0.25, -0.2) is 4.98 Å². The number of allylic oxidation sites excluding steroid dienone is 1. The Labute approximate surface area is 364 Å². The van der Waals surface area contributed by atoms with Crippen LogP contribution in [0.2, 0.25) is 0 Å². The Morgan fingerprint density at radius 1 is 0.574 bits per heavy atom. The third-order valence-corrected chi connectivity index (χ3v) is 12.4. The second-order valence-electron chi connectivity index (χ2n) is 17.0. The van der Waals surface area contributed by atoms with Crippen molar-refractivity contribution in [3.05, 3.63) is 149 Å². The van der Waals surface area contributed by atoms with Crippen molar-refractivity contribution in [2.45, 2.75) is 124 Å². The summed E-state index contributed by atoms with van der Waals surface area (Å²) in [4.78, 5) is 16.2. The molecule has 0 amide bonds. The first-order valence-corrected chi connectivity index (χ1v) is 23.3. The maximum atomic E-state index is 5.46. The lowest BCUT2D eigenvalue weighted by atomic mass is 9.95. The first-order chi connectivity index (χ1) is 30.1. The fourth-order valence-corrected chi connectivity index (χ4v) is 9.09. The molecule has 0 unspecified atom stereocenters.